The molecule has 1 heterocycles. The largest absolute Gasteiger partial charge is 0.195 e. The van der Waals surface area contributed by atoms with Crippen molar-refractivity contribution in [2.24, 2.45) is 0 Å². The van der Waals surface area contributed by atoms with Gasteiger partial charge in [0.25, 0.3) is 0 Å². The number of hydrogen-bond donors (Lipinski definition) is 0. The van der Waals surface area contributed by atoms with Crippen molar-refractivity contribution in [1.82, 2.24) is 0 Å². The van der Waals surface area contributed by atoms with Crippen molar-refractivity contribution < 1.29 is 4.39 Å². The van der Waals surface area contributed by atoms with Gasteiger partial charge in [-0.05, 0) is 18.2 Å². The Bertz CT molecular complexity index is 452. The van der Waals surface area contributed by atoms with E-state index < -0.39 is 0 Å². The average molecular weight is 280 g/mol. The van der Waals surface area contributed by atoms with Gasteiger partial charge >= 0.3 is 0 Å². The summed E-state index contributed by atoms with van der Waals surface area (Å²) in [6.07, 6.45) is 0. The highest BCUT2D eigenvalue weighted by Crippen LogP contribution is 2.32. The Morgan fingerprint density at radius 3 is 2.92 bits per heavy atom. The first kappa shape index (κ1) is 9.44. The Morgan fingerprint density at radius 1 is 1.46 bits per heavy atom. The summed E-state index contributed by atoms with van der Waals surface area (Å²) in [5, 5.41) is 0.731. The fraction of sp³-hybridized carbons (Fsp3) is 0.111. The predicted octanol–water partition coefficient (Wildman–Crippen LogP) is 4.54. The molecule has 0 bridgehead atoms. The maximum atomic E-state index is 13.3. The standard InChI is InChI=1S/C9H5BrClFS/c10-5-1-2-8-6(3-5)7(4-11)9(12)13-8/h1-3H,4H2. The summed E-state index contributed by atoms with van der Waals surface area (Å²) >= 11 is 10.1. The summed E-state index contributed by atoms with van der Waals surface area (Å²) in [5.41, 5.74) is 0.600. The normalized spacial score (nSPS) is 11.0. The van der Waals surface area contributed by atoms with E-state index in [1.807, 2.05) is 18.2 Å². The highest BCUT2D eigenvalue weighted by Gasteiger charge is 2.10. The SMILES string of the molecule is Fc1sc2ccc(Br)cc2c1CCl. The molecule has 2 rings (SSSR count). The number of fused-ring (bicyclic) bond motifs is 1. The first-order valence-electron chi connectivity index (χ1n) is 3.65. The van der Waals surface area contributed by atoms with E-state index in [2.05, 4.69) is 15.9 Å². The van der Waals surface area contributed by atoms with Crippen molar-refractivity contribution >= 4 is 49.0 Å². The summed E-state index contributed by atoms with van der Waals surface area (Å²) in [7, 11) is 0. The van der Waals surface area contributed by atoms with Crippen LogP contribution in [0.3, 0.4) is 0 Å². The molecule has 0 atom stereocenters. The number of halogens is 3. The molecule has 13 heavy (non-hydrogen) atoms. The van der Waals surface area contributed by atoms with Gasteiger partial charge in [-0.1, -0.05) is 15.9 Å². The summed E-state index contributed by atoms with van der Waals surface area (Å²) in [6, 6.07) is 5.69. The van der Waals surface area contributed by atoms with Crippen molar-refractivity contribution in [2.75, 3.05) is 0 Å². The van der Waals surface area contributed by atoms with Crippen LogP contribution in [0.25, 0.3) is 10.1 Å². The molecule has 4 heteroatoms. The van der Waals surface area contributed by atoms with E-state index in [1.165, 1.54) is 0 Å². The average Bonchev–Trinajstić information content (AvgIpc) is 2.40. The number of benzene rings is 1. The lowest BCUT2D eigenvalue weighted by atomic mass is 10.2. The van der Waals surface area contributed by atoms with Gasteiger partial charge in [0.05, 0.1) is 5.88 Å². The third-order valence-electron chi connectivity index (χ3n) is 1.84. The Labute approximate surface area is 92.5 Å². The van der Waals surface area contributed by atoms with E-state index in [1.54, 1.807) is 0 Å². The van der Waals surface area contributed by atoms with Crippen LogP contribution in [0, 0.1) is 5.13 Å². The minimum atomic E-state index is -0.178. The van der Waals surface area contributed by atoms with Gasteiger partial charge in [0.15, 0.2) is 5.13 Å². The van der Waals surface area contributed by atoms with Gasteiger partial charge in [-0.2, -0.15) is 4.39 Å². The van der Waals surface area contributed by atoms with E-state index in [-0.39, 0.29) is 11.0 Å². The van der Waals surface area contributed by atoms with Gasteiger partial charge in [0, 0.05) is 20.1 Å². The molecule has 0 saturated carbocycles. The van der Waals surface area contributed by atoms with E-state index in [0.29, 0.717) is 5.56 Å². The van der Waals surface area contributed by atoms with Crippen LogP contribution in [0.15, 0.2) is 22.7 Å². The zero-order chi connectivity index (χ0) is 9.42. The highest BCUT2D eigenvalue weighted by molar-refractivity contribution is 9.10. The van der Waals surface area contributed by atoms with E-state index in [9.17, 15) is 4.39 Å². The maximum Gasteiger partial charge on any atom is 0.182 e. The molecule has 0 aliphatic rings. The maximum absolute atomic E-state index is 13.3. The van der Waals surface area contributed by atoms with Crippen LogP contribution >= 0.6 is 38.9 Å². The zero-order valence-corrected chi connectivity index (χ0v) is 9.64. The molecule has 1 aromatic heterocycles. The summed E-state index contributed by atoms with van der Waals surface area (Å²) in [4.78, 5) is 0. The molecule has 0 aliphatic heterocycles. The molecule has 0 nitrogen and oxygen atoms in total. The van der Waals surface area contributed by atoms with Gasteiger partial charge in [-0.3, -0.25) is 0 Å². The Morgan fingerprint density at radius 2 is 2.23 bits per heavy atom. The third-order valence-corrected chi connectivity index (χ3v) is 3.60. The molecular weight excluding hydrogens is 275 g/mol. The lowest BCUT2D eigenvalue weighted by Gasteiger charge is -1.93. The summed E-state index contributed by atoms with van der Waals surface area (Å²) in [5.74, 6) is 0.224. The second-order valence-electron chi connectivity index (χ2n) is 2.63. The first-order chi connectivity index (χ1) is 6.22. The molecular formula is C9H5BrClFS. The zero-order valence-electron chi connectivity index (χ0n) is 6.48. The van der Waals surface area contributed by atoms with Crippen molar-refractivity contribution in [2.45, 2.75) is 5.88 Å². The van der Waals surface area contributed by atoms with Crippen LogP contribution in [-0.4, -0.2) is 0 Å². The molecule has 0 aliphatic carbocycles. The van der Waals surface area contributed by atoms with Crippen molar-refractivity contribution in [1.29, 1.82) is 0 Å². The van der Waals surface area contributed by atoms with Crippen LogP contribution in [0.2, 0.25) is 0 Å². The number of hydrogen-bond acceptors (Lipinski definition) is 1. The van der Waals surface area contributed by atoms with Gasteiger partial charge < -0.3 is 0 Å². The monoisotopic (exact) mass is 278 g/mol. The third kappa shape index (κ3) is 1.60. The lowest BCUT2D eigenvalue weighted by Crippen LogP contribution is -1.77. The predicted molar refractivity (Wildman–Crippen MR) is 59.0 cm³/mol. The summed E-state index contributed by atoms with van der Waals surface area (Å²) < 4.78 is 15.1. The fourth-order valence-electron chi connectivity index (χ4n) is 1.22. The molecule has 0 amide bonds. The second kappa shape index (κ2) is 3.56. The van der Waals surface area contributed by atoms with Crippen LogP contribution in [0.4, 0.5) is 4.39 Å². The molecule has 2 aromatic rings. The Kier molecular flexibility index (Phi) is 2.58. The molecule has 0 radical (unpaired) electrons. The van der Waals surface area contributed by atoms with Crippen LogP contribution in [0.5, 0.6) is 0 Å². The van der Waals surface area contributed by atoms with Crippen LogP contribution in [-0.2, 0) is 5.88 Å². The second-order valence-corrected chi connectivity index (χ2v) is 4.81. The van der Waals surface area contributed by atoms with E-state index in [4.69, 9.17) is 11.6 Å². The first-order valence-corrected chi connectivity index (χ1v) is 5.79. The molecule has 0 spiro atoms. The van der Waals surface area contributed by atoms with Crippen LogP contribution < -0.4 is 0 Å². The molecule has 1 aromatic carbocycles. The fourth-order valence-corrected chi connectivity index (χ4v) is 2.84. The number of thiophene rings is 1. The van der Waals surface area contributed by atoms with E-state index in [0.717, 1.165) is 25.9 Å². The number of alkyl halides is 1. The molecule has 0 fully saturated rings. The number of rotatable bonds is 1. The van der Waals surface area contributed by atoms with Crippen molar-refractivity contribution in [3.05, 3.63) is 33.4 Å². The molecule has 0 unspecified atom stereocenters. The van der Waals surface area contributed by atoms with Gasteiger partial charge in [0.1, 0.15) is 0 Å². The van der Waals surface area contributed by atoms with E-state index >= 15 is 0 Å². The molecule has 68 valence electrons. The Hall–Kier alpha value is -0.120. The minimum absolute atomic E-state index is 0.178. The quantitative estimate of drug-likeness (QED) is 0.672. The summed E-state index contributed by atoms with van der Waals surface area (Å²) in [6.45, 7) is 0. The Balaban J connectivity index is 2.80. The van der Waals surface area contributed by atoms with Gasteiger partial charge in [-0.15, -0.1) is 22.9 Å². The molecule has 0 saturated heterocycles. The topological polar surface area (TPSA) is 0 Å². The van der Waals surface area contributed by atoms with Gasteiger partial charge in [0.2, 0.25) is 0 Å². The van der Waals surface area contributed by atoms with Crippen molar-refractivity contribution in [3.63, 3.8) is 0 Å². The van der Waals surface area contributed by atoms with Crippen molar-refractivity contribution in [3.8, 4) is 0 Å². The van der Waals surface area contributed by atoms with Crippen LogP contribution in [0.1, 0.15) is 5.56 Å². The lowest BCUT2D eigenvalue weighted by molar-refractivity contribution is 0.648. The highest BCUT2D eigenvalue weighted by atomic mass is 79.9. The van der Waals surface area contributed by atoms with Gasteiger partial charge in [-0.25, -0.2) is 0 Å². The smallest absolute Gasteiger partial charge is 0.182 e. The molecule has 0 N–H and O–H groups in total. The minimum Gasteiger partial charge on any atom is -0.195 e.